The summed E-state index contributed by atoms with van der Waals surface area (Å²) in [6, 6.07) is 7.92. The molecule has 1 aromatic rings. The SMILES string of the molecule is CC(c1ccc(Cl)cc1)N(C)CC=O. The number of carbonyl (C=O) groups is 1. The molecule has 0 saturated heterocycles. The van der Waals surface area contributed by atoms with Gasteiger partial charge in [-0.2, -0.15) is 0 Å². The zero-order valence-corrected chi connectivity index (χ0v) is 9.16. The van der Waals surface area contributed by atoms with Gasteiger partial charge in [0, 0.05) is 11.1 Å². The van der Waals surface area contributed by atoms with Crippen molar-refractivity contribution in [3.8, 4) is 0 Å². The van der Waals surface area contributed by atoms with Crippen LogP contribution in [0.25, 0.3) is 0 Å². The van der Waals surface area contributed by atoms with Crippen molar-refractivity contribution in [1.29, 1.82) is 0 Å². The van der Waals surface area contributed by atoms with Gasteiger partial charge in [-0.3, -0.25) is 4.90 Å². The lowest BCUT2D eigenvalue weighted by Crippen LogP contribution is -2.24. The average molecular weight is 212 g/mol. The van der Waals surface area contributed by atoms with Gasteiger partial charge in [-0.15, -0.1) is 0 Å². The number of hydrogen-bond donors (Lipinski definition) is 0. The summed E-state index contributed by atoms with van der Waals surface area (Å²) >= 11 is 5.79. The fourth-order valence-corrected chi connectivity index (χ4v) is 1.40. The molecule has 1 aromatic carbocycles. The number of likely N-dealkylation sites (N-methyl/N-ethyl adjacent to an activating group) is 1. The van der Waals surface area contributed by atoms with Crippen molar-refractivity contribution in [3.05, 3.63) is 34.9 Å². The second kappa shape index (κ2) is 5.13. The third-order valence-electron chi connectivity index (χ3n) is 2.38. The first-order chi connectivity index (χ1) is 6.65. The highest BCUT2D eigenvalue weighted by Gasteiger charge is 2.10. The molecule has 1 atom stereocenters. The minimum atomic E-state index is 0.234. The molecule has 2 nitrogen and oxygen atoms in total. The van der Waals surface area contributed by atoms with Crippen molar-refractivity contribution in [2.24, 2.45) is 0 Å². The average Bonchev–Trinajstić information content (AvgIpc) is 2.18. The van der Waals surface area contributed by atoms with E-state index in [0.29, 0.717) is 6.54 Å². The van der Waals surface area contributed by atoms with E-state index in [-0.39, 0.29) is 6.04 Å². The lowest BCUT2D eigenvalue weighted by molar-refractivity contribution is -0.109. The lowest BCUT2D eigenvalue weighted by Gasteiger charge is -2.22. The Morgan fingerprint density at radius 2 is 2.00 bits per heavy atom. The third-order valence-corrected chi connectivity index (χ3v) is 2.63. The third kappa shape index (κ3) is 2.82. The molecule has 14 heavy (non-hydrogen) atoms. The van der Waals surface area contributed by atoms with E-state index in [2.05, 4.69) is 6.92 Å². The second-order valence-corrected chi connectivity index (χ2v) is 3.77. The molecule has 0 N–H and O–H groups in total. The van der Waals surface area contributed by atoms with Gasteiger partial charge in [0.1, 0.15) is 6.29 Å². The van der Waals surface area contributed by atoms with Gasteiger partial charge in [0.15, 0.2) is 0 Å². The molecule has 0 aliphatic rings. The Bertz CT molecular complexity index is 297. The number of halogens is 1. The Kier molecular flexibility index (Phi) is 4.11. The van der Waals surface area contributed by atoms with Crippen molar-refractivity contribution in [2.45, 2.75) is 13.0 Å². The molecule has 0 radical (unpaired) electrons. The number of aldehydes is 1. The summed E-state index contributed by atoms with van der Waals surface area (Å²) in [4.78, 5) is 12.3. The molecule has 3 heteroatoms. The first kappa shape index (κ1) is 11.2. The minimum absolute atomic E-state index is 0.234. The summed E-state index contributed by atoms with van der Waals surface area (Å²) in [5.41, 5.74) is 1.17. The quantitative estimate of drug-likeness (QED) is 0.714. The van der Waals surface area contributed by atoms with E-state index in [1.807, 2.05) is 36.2 Å². The van der Waals surface area contributed by atoms with Gasteiger partial charge in [0.2, 0.25) is 0 Å². The molecule has 0 amide bonds. The highest BCUT2D eigenvalue weighted by molar-refractivity contribution is 6.30. The molecule has 0 fully saturated rings. The molecule has 0 bridgehead atoms. The van der Waals surface area contributed by atoms with E-state index in [0.717, 1.165) is 11.3 Å². The molecule has 0 aromatic heterocycles. The van der Waals surface area contributed by atoms with Gasteiger partial charge in [-0.25, -0.2) is 0 Å². The number of benzene rings is 1. The predicted octanol–water partition coefficient (Wildman–Crippen LogP) is 2.53. The summed E-state index contributed by atoms with van der Waals surface area (Å²) in [5.74, 6) is 0. The molecule has 0 aliphatic carbocycles. The molecule has 0 spiro atoms. The maximum atomic E-state index is 10.3. The van der Waals surface area contributed by atoms with E-state index < -0.39 is 0 Å². The van der Waals surface area contributed by atoms with Crippen LogP contribution in [0, 0.1) is 0 Å². The first-order valence-electron chi connectivity index (χ1n) is 4.54. The number of rotatable bonds is 4. The van der Waals surface area contributed by atoms with Crippen LogP contribution in [-0.4, -0.2) is 24.8 Å². The van der Waals surface area contributed by atoms with Crippen molar-refractivity contribution < 1.29 is 4.79 Å². The highest BCUT2D eigenvalue weighted by Crippen LogP contribution is 2.19. The monoisotopic (exact) mass is 211 g/mol. The standard InChI is InChI=1S/C11H14ClNO/c1-9(13(2)7-8-14)10-3-5-11(12)6-4-10/h3-6,8-9H,7H2,1-2H3. The van der Waals surface area contributed by atoms with E-state index in [4.69, 9.17) is 11.6 Å². The molecule has 76 valence electrons. The van der Waals surface area contributed by atoms with Crippen LogP contribution in [0.15, 0.2) is 24.3 Å². The maximum absolute atomic E-state index is 10.3. The maximum Gasteiger partial charge on any atom is 0.133 e. The molecule has 0 heterocycles. The van der Waals surface area contributed by atoms with Gasteiger partial charge in [0.25, 0.3) is 0 Å². The molecule has 0 saturated carbocycles. The van der Waals surface area contributed by atoms with Gasteiger partial charge < -0.3 is 4.79 Å². The van der Waals surface area contributed by atoms with Crippen molar-refractivity contribution >= 4 is 17.9 Å². The highest BCUT2D eigenvalue weighted by atomic mass is 35.5. The Balaban J connectivity index is 2.73. The Morgan fingerprint density at radius 1 is 1.43 bits per heavy atom. The van der Waals surface area contributed by atoms with Crippen LogP contribution in [0.3, 0.4) is 0 Å². The summed E-state index contributed by atoms with van der Waals surface area (Å²) in [7, 11) is 1.92. The second-order valence-electron chi connectivity index (χ2n) is 3.33. The Hall–Kier alpha value is -0.860. The van der Waals surface area contributed by atoms with Crippen LogP contribution in [-0.2, 0) is 4.79 Å². The molecule has 1 unspecified atom stereocenters. The van der Waals surface area contributed by atoms with Crippen molar-refractivity contribution in [2.75, 3.05) is 13.6 Å². The van der Waals surface area contributed by atoms with Gasteiger partial charge in [-0.05, 0) is 31.7 Å². The van der Waals surface area contributed by atoms with E-state index in [1.54, 1.807) is 0 Å². The van der Waals surface area contributed by atoms with Crippen LogP contribution in [0.4, 0.5) is 0 Å². The first-order valence-corrected chi connectivity index (χ1v) is 4.92. The van der Waals surface area contributed by atoms with Crippen LogP contribution >= 0.6 is 11.6 Å². The largest absolute Gasteiger partial charge is 0.302 e. The fraction of sp³-hybridized carbons (Fsp3) is 0.364. The topological polar surface area (TPSA) is 20.3 Å². The minimum Gasteiger partial charge on any atom is -0.302 e. The zero-order chi connectivity index (χ0) is 10.6. The van der Waals surface area contributed by atoms with Crippen LogP contribution in [0.5, 0.6) is 0 Å². The van der Waals surface area contributed by atoms with Gasteiger partial charge in [0.05, 0.1) is 6.54 Å². The lowest BCUT2D eigenvalue weighted by atomic mass is 10.1. The normalized spacial score (nSPS) is 12.9. The fourth-order valence-electron chi connectivity index (χ4n) is 1.27. The van der Waals surface area contributed by atoms with Crippen molar-refractivity contribution in [1.82, 2.24) is 4.90 Å². The van der Waals surface area contributed by atoms with Crippen LogP contribution in [0.1, 0.15) is 18.5 Å². The van der Waals surface area contributed by atoms with E-state index >= 15 is 0 Å². The smallest absolute Gasteiger partial charge is 0.133 e. The predicted molar refractivity (Wildman–Crippen MR) is 58.6 cm³/mol. The summed E-state index contributed by atoms with van der Waals surface area (Å²) in [6.45, 7) is 2.51. The molecular weight excluding hydrogens is 198 g/mol. The molecule has 1 rings (SSSR count). The van der Waals surface area contributed by atoms with Crippen LogP contribution in [0.2, 0.25) is 5.02 Å². The molecule has 0 aliphatic heterocycles. The Labute approximate surface area is 89.5 Å². The van der Waals surface area contributed by atoms with E-state index in [1.165, 1.54) is 5.56 Å². The molecular formula is C11H14ClNO. The number of carbonyl (C=O) groups excluding carboxylic acids is 1. The summed E-state index contributed by atoms with van der Waals surface area (Å²) in [6.07, 6.45) is 0.909. The van der Waals surface area contributed by atoms with Gasteiger partial charge >= 0.3 is 0 Å². The zero-order valence-electron chi connectivity index (χ0n) is 8.40. The number of hydrogen-bond acceptors (Lipinski definition) is 2. The Morgan fingerprint density at radius 3 is 2.50 bits per heavy atom. The van der Waals surface area contributed by atoms with Gasteiger partial charge in [-0.1, -0.05) is 23.7 Å². The van der Waals surface area contributed by atoms with E-state index in [9.17, 15) is 4.79 Å². The van der Waals surface area contributed by atoms with Crippen molar-refractivity contribution in [3.63, 3.8) is 0 Å². The van der Waals surface area contributed by atoms with Crippen LogP contribution < -0.4 is 0 Å². The summed E-state index contributed by atoms with van der Waals surface area (Å²) in [5, 5.41) is 0.735. The summed E-state index contributed by atoms with van der Waals surface area (Å²) < 4.78 is 0. The number of nitrogens with zero attached hydrogens (tertiary/aromatic N) is 1.